The highest BCUT2D eigenvalue weighted by atomic mass is 16.5. The molecule has 0 aromatic heterocycles. The zero-order valence-electron chi connectivity index (χ0n) is 10.7. The lowest BCUT2D eigenvalue weighted by atomic mass is 10.2. The van der Waals surface area contributed by atoms with E-state index in [1.807, 2.05) is 0 Å². The first-order chi connectivity index (χ1) is 8.67. The van der Waals surface area contributed by atoms with Gasteiger partial charge in [-0.2, -0.15) is 5.26 Å². The summed E-state index contributed by atoms with van der Waals surface area (Å²) in [6, 6.07) is 2.11. The van der Waals surface area contributed by atoms with Gasteiger partial charge in [-0.15, -0.1) is 0 Å². The van der Waals surface area contributed by atoms with Crippen LogP contribution in [-0.2, 0) is 14.3 Å². The minimum absolute atomic E-state index is 0.000309. The van der Waals surface area contributed by atoms with Crippen molar-refractivity contribution in [1.29, 1.82) is 5.26 Å². The Morgan fingerprint density at radius 2 is 1.89 bits per heavy atom. The topological polar surface area (TPSA) is 73.6 Å². The predicted octanol–water partition coefficient (Wildman–Crippen LogP) is -0.00252. The van der Waals surface area contributed by atoms with Crippen molar-refractivity contribution >= 4 is 11.9 Å². The zero-order valence-corrected chi connectivity index (χ0v) is 10.7. The van der Waals surface area contributed by atoms with E-state index in [9.17, 15) is 9.59 Å². The van der Waals surface area contributed by atoms with Gasteiger partial charge >= 0.3 is 5.97 Å². The molecule has 0 saturated carbocycles. The lowest BCUT2D eigenvalue weighted by Crippen LogP contribution is -2.48. The van der Waals surface area contributed by atoms with Crippen molar-refractivity contribution in [3.63, 3.8) is 0 Å². The van der Waals surface area contributed by atoms with Gasteiger partial charge in [-0.1, -0.05) is 0 Å². The normalized spacial score (nSPS) is 16.1. The number of nitrogens with zero attached hydrogens (tertiary/aromatic N) is 3. The molecular weight excluding hydrogens is 234 g/mol. The van der Waals surface area contributed by atoms with E-state index in [1.54, 1.807) is 4.90 Å². The second kappa shape index (κ2) is 7.67. The molecule has 0 N–H and O–H groups in total. The van der Waals surface area contributed by atoms with E-state index in [2.05, 4.69) is 15.7 Å². The van der Waals surface area contributed by atoms with Crippen molar-refractivity contribution in [2.45, 2.75) is 19.3 Å². The summed E-state index contributed by atoms with van der Waals surface area (Å²) in [6.45, 7) is 3.70. The number of hydrogen-bond donors (Lipinski definition) is 0. The zero-order chi connectivity index (χ0) is 13.4. The van der Waals surface area contributed by atoms with Gasteiger partial charge in [0.25, 0.3) is 0 Å². The molecule has 0 bridgehead atoms. The van der Waals surface area contributed by atoms with Crippen LogP contribution in [0.5, 0.6) is 0 Å². The third-order valence-electron chi connectivity index (χ3n) is 3.04. The molecule has 0 aromatic carbocycles. The van der Waals surface area contributed by atoms with Crippen LogP contribution in [-0.4, -0.2) is 61.5 Å². The third-order valence-corrected chi connectivity index (χ3v) is 3.04. The molecule has 0 spiro atoms. The first-order valence-corrected chi connectivity index (χ1v) is 6.11. The molecule has 6 heteroatoms. The van der Waals surface area contributed by atoms with Crippen molar-refractivity contribution in [1.82, 2.24) is 9.80 Å². The van der Waals surface area contributed by atoms with Crippen molar-refractivity contribution in [3.05, 3.63) is 0 Å². The van der Waals surface area contributed by atoms with E-state index in [-0.39, 0.29) is 24.7 Å². The van der Waals surface area contributed by atoms with E-state index in [1.165, 1.54) is 7.11 Å². The van der Waals surface area contributed by atoms with E-state index < -0.39 is 0 Å². The first-order valence-electron chi connectivity index (χ1n) is 6.11. The fourth-order valence-electron chi connectivity index (χ4n) is 1.90. The molecule has 0 unspecified atom stereocenters. The minimum Gasteiger partial charge on any atom is -0.469 e. The Balaban J connectivity index is 2.23. The fraction of sp³-hybridized carbons (Fsp3) is 0.750. The number of nitriles is 1. The summed E-state index contributed by atoms with van der Waals surface area (Å²) in [6.07, 6.45) is 0.880. The fourth-order valence-corrected chi connectivity index (χ4v) is 1.90. The van der Waals surface area contributed by atoms with E-state index in [0.717, 1.165) is 19.6 Å². The van der Waals surface area contributed by atoms with Gasteiger partial charge in [0, 0.05) is 45.6 Å². The third kappa shape index (κ3) is 4.72. The molecule has 6 nitrogen and oxygen atoms in total. The summed E-state index contributed by atoms with van der Waals surface area (Å²) >= 11 is 0. The van der Waals surface area contributed by atoms with Crippen molar-refractivity contribution in [2.24, 2.45) is 0 Å². The summed E-state index contributed by atoms with van der Waals surface area (Å²) in [4.78, 5) is 26.7. The van der Waals surface area contributed by atoms with E-state index >= 15 is 0 Å². The number of esters is 1. The van der Waals surface area contributed by atoms with Crippen molar-refractivity contribution in [3.8, 4) is 6.07 Å². The van der Waals surface area contributed by atoms with E-state index in [4.69, 9.17) is 5.26 Å². The lowest BCUT2D eigenvalue weighted by Gasteiger charge is -2.34. The summed E-state index contributed by atoms with van der Waals surface area (Å²) in [5, 5.41) is 8.50. The van der Waals surface area contributed by atoms with Crippen LogP contribution >= 0.6 is 0 Å². The molecular formula is C12H19N3O3. The van der Waals surface area contributed by atoms with Gasteiger partial charge in [-0.25, -0.2) is 0 Å². The highest BCUT2D eigenvalue weighted by molar-refractivity contribution is 5.81. The number of piperazine rings is 1. The second-order valence-electron chi connectivity index (χ2n) is 4.21. The standard InChI is InChI=1S/C12H19N3O3/c1-18-12(17)4-3-11(16)15-9-7-14(8-10-15)6-2-5-13/h2-4,6-10H2,1H3. The molecule has 100 valence electrons. The first kappa shape index (κ1) is 14.5. The van der Waals surface area contributed by atoms with Crippen LogP contribution < -0.4 is 0 Å². The molecule has 1 aliphatic heterocycles. The second-order valence-corrected chi connectivity index (χ2v) is 4.21. The summed E-state index contributed by atoms with van der Waals surface area (Å²) < 4.78 is 4.50. The van der Waals surface area contributed by atoms with Crippen LogP contribution in [0.2, 0.25) is 0 Å². The minimum atomic E-state index is -0.351. The van der Waals surface area contributed by atoms with Gasteiger partial charge in [0.2, 0.25) is 5.91 Å². The maximum absolute atomic E-state index is 11.8. The van der Waals surface area contributed by atoms with Gasteiger partial charge in [0.1, 0.15) is 0 Å². The molecule has 1 amide bonds. The maximum atomic E-state index is 11.8. The molecule has 1 heterocycles. The van der Waals surface area contributed by atoms with Crippen LogP contribution in [0.1, 0.15) is 19.3 Å². The molecule has 0 atom stereocenters. The van der Waals surface area contributed by atoms with Gasteiger partial charge < -0.3 is 9.64 Å². The van der Waals surface area contributed by atoms with Crippen molar-refractivity contribution in [2.75, 3.05) is 39.8 Å². The molecule has 1 rings (SSSR count). The number of ether oxygens (including phenoxy) is 1. The Morgan fingerprint density at radius 1 is 1.22 bits per heavy atom. The highest BCUT2D eigenvalue weighted by Crippen LogP contribution is 2.06. The Hall–Kier alpha value is -1.61. The summed E-state index contributed by atoms with van der Waals surface area (Å²) in [7, 11) is 1.32. The van der Waals surface area contributed by atoms with Crippen LogP contribution in [0.15, 0.2) is 0 Å². The number of methoxy groups -OCH3 is 1. The molecule has 0 radical (unpaired) electrons. The quantitative estimate of drug-likeness (QED) is 0.645. The smallest absolute Gasteiger partial charge is 0.306 e. The maximum Gasteiger partial charge on any atom is 0.306 e. The Labute approximate surface area is 107 Å². The highest BCUT2D eigenvalue weighted by Gasteiger charge is 2.21. The van der Waals surface area contributed by atoms with Crippen LogP contribution in [0.25, 0.3) is 0 Å². The van der Waals surface area contributed by atoms with Crippen LogP contribution in [0, 0.1) is 11.3 Å². The van der Waals surface area contributed by atoms with Crippen LogP contribution in [0.4, 0.5) is 0 Å². The average molecular weight is 253 g/mol. The van der Waals surface area contributed by atoms with Gasteiger partial charge in [0.15, 0.2) is 0 Å². The number of rotatable bonds is 5. The Morgan fingerprint density at radius 3 is 2.44 bits per heavy atom. The predicted molar refractivity (Wildman–Crippen MR) is 64.5 cm³/mol. The molecule has 1 saturated heterocycles. The van der Waals surface area contributed by atoms with Crippen LogP contribution in [0.3, 0.4) is 0 Å². The van der Waals surface area contributed by atoms with Gasteiger partial charge in [-0.3, -0.25) is 14.5 Å². The number of carbonyl (C=O) groups excluding carboxylic acids is 2. The largest absolute Gasteiger partial charge is 0.469 e. The van der Waals surface area contributed by atoms with Crippen molar-refractivity contribution < 1.29 is 14.3 Å². The molecule has 1 aliphatic rings. The Kier molecular flexibility index (Phi) is 6.15. The number of hydrogen-bond acceptors (Lipinski definition) is 5. The van der Waals surface area contributed by atoms with Gasteiger partial charge in [0.05, 0.1) is 19.6 Å². The lowest BCUT2D eigenvalue weighted by molar-refractivity contribution is -0.144. The molecule has 1 fully saturated rings. The van der Waals surface area contributed by atoms with Gasteiger partial charge in [-0.05, 0) is 0 Å². The number of amides is 1. The monoisotopic (exact) mass is 253 g/mol. The number of carbonyl (C=O) groups is 2. The summed E-state index contributed by atoms with van der Waals surface area (Å²) in [5.74, 6) is -0.351. The molecule has 18 heavy (non-hydrogen) atoms. The Bertz CT molecular complexity index is 330. The molecule has 0 aromatic rings. The molecule has 0 aliphatic carbocycles. The summed E-state index contributed by atoms with van der Waals surface area (Å²) in [5.41, 5.74) is 0. The van der Waals surface area contributed by atoms with E-state index in [0.29, 0.717) is 19.5 Å². The SMILES string of the molecule is COC(=O)CCC(=O)N1CCN(CCC#N)CC1. The average Bonchev–Trinajstić information content (AvgIpc) is 2.42.